The van der Waals surface area contributed by atoms with Crippen LogP contribution in [0.25, 0.3) is 5.82 Å². The zero-order chi connectivity index (χ0) is 10.7. The Bertz CT molecular complexity index is 447. The number of pyridine rings is 1. The van der Waals surface area contributed by atoms with Gasteiger partial charge >= 0.3 is 0 Å². The first kappa shape index (κ1) is 9.39. The van der Waals surface area contributed by atoms with Crippen molar-refractivity contribution >= 4 is 5.90 Å². The highest BCUT2D eigenvalue weighted by Crippen LogP contribution is 2.05. The molecule has 0 fully saturated rings. The van der Waals surface area contributed by atoms with Crippen LogP contribution in [0.3, 0.4) is 0 Å². The smallest absolute Gasteiger partial charge is 0.214 e. The summed E-state index contributed by atoms with van der Waals surface area (Å²) in [6.07, 6.45) is 6.77. The van der Waals surface area contributed by atoms with E-state index in [0.29, 0.717) is 5.56 Å². The zero-order valence-electron chi connectivity index (χ0n) is 8.21. The second kappa shape index (κ2) is 3.91. The molecule has 76 valence electrons. The lowest BCUT2D eigenvalue weighted by atomic mass is 10.3. The van der Waals surface area contributed by atoms with Crippen molar-refractivity contribution < 1.29 is 4.74 Å². The minimum atomic E-state index is 0.111. The highest BCUT2D eigenvalue weighted by molar-refractivity contribution is 5.91. The molecular formula is C10H10N4O. The van der Waals surface area contributed by atoms with Crippen LogP contribution in [0.1, 0.15) is 5.56 Å². The molecule has 0 amide bonds. The van der Waals surface area contributed by atoms with Gasteiger partial charge in [-0.1, -0.05) is 0 Å². The van der Waals surface area contributed by atoms with Crippen LogP contribution in [0, 0.1) is 5.41 Å². The minimum Gasteiger partial charge on any atom is -0.481 e. The molecule has 0 unspecified atom stereocenters. The van der Waals surface area contributed by atoms with E-state index >= 15 is 0 Å². The molecule has 0 saturated heterocycles. The Balaban J connectivity index is 2.29. The highest BCUT2D eigenvalue weighted by atomic mass is 16.5. The van der Waals surface area contributed by atoms with Gasteiger partial charge in [0.1, 0.15) is 12.1 Å². The van der Waals surface area contributed by atoms with Crippen LogP contribution in [0.15, 0.2) is 37.1 Å². The largest absolute Gasteiger partial charge is 0.481 e. The molecule has 2 heterocycles. The average molecular weight is 202 g/mol. The van der Waals surface area contributed by atoms with Gasteiger partial charge in [-0.25, -0.2) is 9.97 Å². The van der Waals surface area contributed by atoms with E-state index in [1.807, 2.05) is 12.3 Å². The molecule has 0 radical (unpaired) electrons. The van der Waals surface area contributed by atoms with E-state index in [9.17, 15) is 0 Å². The third-order valence-corrected chi connectivity index (χ3v) is 1.98. The molecule has 0 bridgehead atoms. The summed E-state index contributed by atoms with van der Waals surface area (Å²) in [6, 6.07) is 3.60. The predicted molar refractivity (Wildman–Crippen MR) is 55.2 cm³/mol. The van der Waals surface area contributed by atoms with E-state index in [1.54, 1.807) is 29.4 Å². The molecule has 0 aliphatic heterocycles. The van der Waals surface area contributed by atoms with Crippen LogP contribution in [0.2, 0.25) is 0 Å². The van der Waals surface area contributed by atoms with Gasteiger partial charge in [-0.05, 0) is 12.1 Å². The van der Waals surface area contributed by atoms with Crippen molar-refractivity contribution in [3.05, 3.63) is 42.6 Å². The van der Waals surface area contributed by atoms with Crippen LogP contribution in [0.4, 0.5) is 0 Å². The molecule has 5 nitrogen and oxygen atoms in total. The predicted octanol–water partition coefficient (Wildman–Crippen LogP) is 1.24. The van der Waals surface area contributed by atoms with E-state index in [2.05, 4.69) is 9.97 Å². The standard InChI is InChI=1S/C10H10N4O/c1-15-10(11)8-2-3-9(13-6-8)14-5-4-12-7-14/h2-7,11H,1H3. The number of nitrogens with one attached hydrogen (secondary N) is 1. The Hall–Kier alpha value is -2.17. The van der Waals surface area contributed by atoms with Gasteiger partial charge in [-0.3, -0.25) is 9.98 Å². The van der Waals surface area contributed by atoms with E-state index in [4.69, 9.17) is 10.1 Å². The SMILES string of the molecule is COC(=N)c1ccc(-n2ccnc2)nc1. The molecule has 1 N–H and O–H groups in total. The lowest BCUT2D eigenvalue weighted by Crippen LogP contribution is -2.03. The van der Waals surface area contributed by atoms with E-state index in [1.165, 1.54) is 7.11 Å². The first-order valence-electron chi connectivity index (χ1n) is 4.38. The third-order valence-electron chi connectivity index (χ3n) is 1.98. The second-order valence-corrected chi connectivity index (χ2v) is 2.91. The minimum absolute atomic E-state index is 0.111. The fourth-order valence-corrected chi connectivity index (χ4v) is 1.19. The van der Waals surface area contributed by atoms with E-state index in [0.717, 1.165) is 5.82 Å². The fourth-order valence-electron chi connectivity index (χ4n) is 1.19. The van der Waals surface area contributed by atoms with E-state index in [-0.39, 0.29) is 5.90 Å². The normalized spacial score (nSPS) is 9.93. The van der Waals surface area contributed by atoms with Crippen molar-refractivity contribution in [3.8, 4) is 5.82 Å². The van der Waals surface area contributed by atoms with Crippen LogP contribution < -0.4 is 0 Å². The van der Waals surface area contributed by atoms with Crippen molar-refractivity contribution in [1.29, 1.82) is 5.41 Å². The van der Waals surface area contributed by atoms with Crippen LogP contribution in [-0.2, 0) is 4.74 Å². The fraction of sp³-hybridized carbons (Fsp3) is 0.100. The molecule has 0 saturated carbocycles. The van der Waals surface area contributed by atoms with Crippen LogP contribution in [-0.4, -0.2) is 27.5 Å². The Morgan fingerprint density at radius 1 is 1.47 bits per heavy atom. The zero-order valence-corrected chi connectivity index (χ0v) is 8.21. The first-order chi connectivity index (χ1) is 7.31. The average Bonchev–Trinajstić information content (AvgIpc) is 2.82. The van der Waals surface area contributed by atoms with Gasteiger partial charge in [0.05, 0.1) is 12.7 Å². The van der Waals surface area contributed by atoms with Gasteiger partial charge in [0.2, 0.25) is 5.90 Å². The van der Waals surface area contributed by atoms with Crippen molar-refractivity contribution in [2.75, 3.05) is 7.11 Å². The van der Waals surface area contributed by atoms with E-state index < -0.39 is 0 Å². The number of rotatable bonds is 2. The number of nitrogens with zero attached hydrogens (tertiary/aromatic N) is 3. The van der Waals surface area contributed by atoms with Crippen molar-refractivity contribution in [3.63, 3.8) is 0 Å². The maximum Gasteiger partial charge on any atom is 0.214 e. The van der Waals surface area contributed by atoms with Gasteiger partial charge in [0, 0.05) is 18.6 Å². The second-order valence-electron chi connectivity index (χ2n) is 2.91. The number of aromatic nitrogens is 3. The molecule has 2 rings (SSSR count). The van der Waals surface area contributed by atoms with Gasteiger partial charge in [0.15, 0.2) is 0 Å². The summed E-state index contributed by atoms with van der Waals surface area (Å²) in [6.45, 7) is 0. The maximum absolute atomic E-state index is 7.44. The van der Waals surface area contributed by atoms with Crippen molar-refractivity contribution in [2.45, 2.75) is 0 Å². The Kier molecular flexibility index (Phi) is 2.45. The van der Waals surface area contributed by atoms with Gasteiger partial charge in [-0.15, -0.1) is 0 Å². The summed E-state index contributed by atoms with van der Waals surface area (Å²) in [4.78, 5) is 8.12. The Morgan fingerprint density at radius 3 is 2.87 bits per heavy atom. The molecule has 2 aromatic rings. The summed E-state index contributed by atoms with van der Waals surface area (Å²) >= 11 is 0. The van der Waals surface area contributed by atoms with Gasteiger partial charge in [0.25, 0.3) is 0 Å². The molecule has 15 heavy (non-hydrogen) atoms. The molecule has 0 aliphatic carbocycles. The van der Waals surface area contributed by atoms with Crippen molar-refractivity contribution in [1.82, 2.24) is 14.5 Å². The number of ether oxygens (including phenoxy) is 1. The molecule has 0 aliphatic rings. The van der Waals surface area contributed by atoms with Crippen LogP contribution >= 0.6 is 0 Å². The maximum atomic E-state index is 7.44. The lowest BCUT2D eigenvalue weighted by molar-refractivity contribution is 0.401. The summed E-state index contributed by atoms with van der Waals surface area (Å²) in [5.74, 6) is 0.875. The topological polar surface area (TPSA) is 63.8 Å². The first-order valence-corrected chi connectivity index (χ1v) is 4.38. The number of imidazole rings is 1. The molecule has 5 heteroatoms. The van der Waals surface area contributed by atoms with Gasteiger partial charge in [-0.2, -0.15) is 0 Å². The van der Waals surface area contributed by atoms with Gasteiger partial charge < -0.3 is 4.74 Å². The summed E-state index contributed by atoms with van der Waals surface area (Å²) in [7, 11) is 1.46. The lowest BCUT2D eigenvalue weighted by Gasteiger charge is -2.03. The number of hydrogen-bond donors (Lipinski definition) is 1. The molecule has 0 aromatic carbocycles. The monoisotopic (exact) mass is 202 g/mol. The number of methoxy groups -OCH3 is 1. The molecule has 0 spiro atoms. The summed E-state index contributed by atoms with van der Waals surface area (Å²) in [5, 5.41) is 7.44. The molecular weight excluding hydrogens is 192 g/mol. The Labute approximate surface area is 86.9 Å². The van der Waals surface area contributed by atoms with Crippen LogP contribution in [0.5, 0.6) is 0 Å². The van der Waals surface area contributed by atoms with Crippen molar-refractivity contribution in [2.24, 2.45) is 0 Å². The molecule has 0 atom stereocenters. The summed E-state index contributed by atoms with van der Waals surface area (Å²) < 4.78 is 6.58. The quantitative estimate of drug-likeness (QED) is 0.588. The number of hydrogen-bond acceptors (Lipinski definition) is 4. The Morgan fingerprint density at radius 2 is 2.33 bits per heavy atom. The summed E-state index contributed by atoms with van der Waals surface area (Å²) in [5.41, 5.74) is 0.654. The highest BCUT2D eigenvalue weighted by Gasteiger charge is 2.02. The molecule has 2 aromatic heterocycles. The third kappa shape index (κ3) is 1.85.